The lowest BCUT2D eigenvalue weighted by Gasteiger charge is -2.25. The number of rotatable bonds is 7. The standard InChI is InChI=1S/C20H29N5O4/c1-6-20(14-10-8-7-9-11-14)17(28)25(18(29)22-20)23-16(27)13-24(5)12-15(26)21-19(2,3)4/h7-11H,6,12-13H2,1-5H3,(H,21,26)(H,22,29)(H,23,27)/p+1/t20-/m0/s1. The van der Waals surface area contributed by atoms with Gasteiger partial charge in [0.2, 0.25) is 0 Å². The molecule has 158 valence electrons. The third kappa shape index (κ3) is 5.32. The second-order valence-electron chi connectivity index (χ2n) is 8.34. The number of carbonyl (C=O) groups is 4. The van der Waals surface area contributed by atoms with Crippen LogP contribution in [0.4, 0.5) is 4.79 Å². The van der Waals surface area contributed by atoms with E-state index in [0.717, 1.165) is 5.01 Å². The van der Waals surface area contributed by atoms with Gasteiger partial charge in [0, 0.05) is 5.54 Å². The summed E-state index contributed by atoms with van der Waals surface area (Å²) in [4.78, 5) is 50.4. The van der Waals surface area contributed by atoms with Crippen LogP contribution < -0.4 is 21.0 Å². The van der Waals surface area contributed by atoms with Gasteiger partial charge in [0.1, 0.15) is 5.54 Å². The smallest absolute Gasteiger partial charge is 0.344 e. The number of benzene rings is 1. The van der Waals surface area contributed by atoms with Crippen molar-refractivity contribution in [1.82, 2.24) is 21.1 Å². The number of imide groups is 1. The third-order valence-corrected chi connectivity index (χ3v) is 4.56. The Labute approximate surface area is 170 Å². The zero-order valence-electron chi connectivity index (χ0n) is 17.6. The molecule has 9 heteroatoms. The van der Waals surface area contributed by atoms with E-state index in [4.69, 9.17) is 0 Å². The van der Waals surface area contributed by atoms with Gasteiger partial charge >= 0.3 is 6.03 Å². The van der Waals surface area contributed by atoms with E-state index in [1.807, 2.05) is 26.8 Å². The number of nitrogens with one attached hydrogen (secondary N) is 4. The second-order valence-corrected chi connectivity index (χ2v) is 8.34. The Morgan fingerprint density at radius 3 is 2.24 bits per heavy atom. The highest BCUT2D eigenvalue weighted by molar-refractivity contribution is 6.08. The normalized spacial score (nSPS) is 20.2. The van der Waals surface area contributed by atoms with Crippen LogP contribution in [0.2, 0.25) is 0 Å². The lowest BCUT2D eigenvalue weighted by molar-refractivity contribution is -0.862. The maximum absolute atomic E-state index is 13.0. The zero-order valence-corrected chi connectivity index (χ0v) is 17.6. The SMILES string of the molecule is CC[C@@]1(c2ccccc2)NC(=O)N(NC(=O)C[NH+](C)CC(=O)NC(C)(C)C)C1=O. The maximum Gasteiger partial charge on any atom is 0.344 e. The molecule has 1 heterocycles. The molecule has 2 atom stereocenters. The Kier molecular flexibility index (Phi) is 6.63. The number of hydrogen-bond acceptors (Lipinski definition) is 4. The maximum atomic E-state index is 13.0. The van der Waals surface area contributed by atoms with E-state index in [2.05, 4.69) is 16.1 Å². The molecular formula is C20H30N5O4+. The van der Waals surface area contributed by atoms with Gasteiger partial charge in [-0.3, -0.25) is 19.8 Å². The van der Waals surface area contributed by atoms with Crippen LogP contribution in [-0.2, 0) is 19.9 Å². The number of hydrogen-bond donors (Lipinski definition) is 4. The Bertz CT molecular complexity index is 790. The van der Waals surface area contributed by atoms with Gasteiger partial charge in [0.15, 0.2) is 13.1 Å². The van der Waals surface area contributed by atoms with Crippen LogP contribution in [0.1, 0.15) is 39.7 Å². The van der Waals surface area contributed by atoms with Crippen LogP contribution >= 0.6 is 0 Å². The summed E-state index contributed by atoms with van der Waals surface area (Å²) >= 11 is 0. The lowest BCUT2D eigenvalue weighted by atomic mass is 9.87. The van der Waals surface area contributed by atoms with Gasteiger partial charge < -0.3 is 15.5 Å². The molecule has 1 fully saturated rings. The summed E-state index contributed by atoms with van der Waals surface area (Å²) < 4.78 is 0. The fourth-order valence-corrected chi connectivity index (χ4v) is 3.28. The van der Waals surface area contributed by atoms with Gasteiger partial charge in [-0.05, 0) is 32.8 Å². The quantitative estimate of drug-likeness (QED) is 0.451. The monoisotopic (exact) mass is 404 g/mol. The highest BCUT2D eigenvalue weighted by Gasteiger charge is 2.52. The van der Waals surface area contributed by atoms with Crippen molar-refractivity contribution in [3.8, 4) is 0 Å². The number of likely N-dealkylation sites (N-methyl/N-ethyl adjacent to an activating group) is 1. The molecule has 0 bridgehead atoms. The number of quaternary nitrogens is 1. The molecule has 0 saturated carbocycles. The molecule has 1 aliphatic heterocycles. The fraction of sp³-hybridized carbons (Fsp3) is 0.500. The molecule has 5 amide bonds. The van der Waals surface area contributed by atoms with Gasteiger partial charge in [-0.1, -0.05) is 37.3 Å². The Balaban J connectivity index is 2.01. The molecule has 1 aromatic carbocycles. The van der Waals surface area contributed by atoms with Crippen molar-refractivity contribution in [2.45, 2.75) is 45.2 Å². The van der Waals surface area contributed by atoms with E-state index >= 15 is 0 Å². The summed E-state index contributed by atoms with van der Waals surface area (Å²) in [7, 11) is 1.69. The summed E-state index contributed by atoms with van der Waals surface area (Å²) in [5, 5.41) is 6.25. The van der Waals surface area contributed by atoms with Gasteiger partial charge in [0.05, 0.1) is 7.05 Å². The Hall–Kier alpha value is -2.94. The number of amides is 5. The minimum Gasteiger partial charge on any atom is -0.347 e. The van der Waals surface area contributed by atoms with Crippen LogP contribution in [0.5, 0.6) is 0 Å². The molecule has 0 aliphatic carbocycles. The summed E-state index contributed by atoms with van der Waals surface area (Å²) in [5.74, 6) is -1.26. The molecule has 4 N–H and O–H groups in total. The Morgan fingerprint density at radius 2 is 1.69 bits per heavy atom. The van der Waals surface area contributed by atoms with E-state index in [1.54, 1.807) is 38.2 Å². The number of urea groups is 1. The van der Waals surface area contributed by atoms with Gasteiger partial charge in [-0.15, -0.1) is 0 Å². The predicted octanol–water partition coefficient (Wildman–Crippen LogP) is -0.696. The van der Waals surface area contributed by atoms with Gasteiger partial charge in [-0.2, -0.15) is 5.01 Å². The summed E-state index contributed by atoms with van der Waals surface area (Å²) in [6, 6.07) is 8.24. The van der Waals surface area contributed by atoms with E-state index < -0.39 is 23.4 Å². The summed E-state index contributed by atoms with van der Waals surface area (Å²) in [6.07, 6.45) is 0.339. The minimum absolute atomic E-state index is 0.0704. The van der Waals surface area contributed by atoms with Crippen molar-refractivity contribution in [3.63, 3.8) is 0 Å². The highest BCUT2D eigenvalue weighted by atomic mass is 16.2. The van der Waals surface area contributed by atoms with Crippen molar-refractivity contribution >= 4 is 23.8 Å². The molecule has 9 nitrogen and oxygen atoms in total. The van der Waals surface area contributed by atoms with E-state index in [0.29, 0.717) is 16.9 Å². The van der Waals surface area contributed by atoms with Crippen molar-refractivity contribution in [1.29, 1.82) is 0 Å². The van der Waals surface area contributed by atoms with Crippen LogP contribution in [0, 0.1) is 0 Å². The molecule has 29 heavy (non-hydrogen) atoms. The summed E-state index contributed by atoms with van der Waals surface area (Å²) in [6.45, 7) is 7.43. The first-order valence-corrected chi connectivity index (χ1v) is 9.62. The predicted molar refractivity (Wildman–Crippen MR) is 106 cm³/mol. The van der Waals surface area contributed by atoms with Crippen molar-refractivity contribution < 1.29 is 24.1 Å². The molecule has 2 rings (SSSR count). The average Bonchev–Trinajstić information content (AvgIpc) is 2.85. The van der Waals surface area contributed by atoms with Gasteiger partial charge in [-0.25, -0.2) is 4.79 Å². The largest absolute Gasteiger partial charge is 0.347 e. The fourth-order valence-electron chi connectivity index (χ4n) is 3.28. The molecule has 1 aliphatic rings. The minimum atomic E-state index is -1.21. The highest BCUT2D eigenvalue weighted by Crippen LogP contribution is 2.31. The first-order valence-electron chi connectivity index (χ1n) is 9.62. The average molecular weight is 404 g/mol. The van der Waals surface area contributed by atoms with Crippen LogP contribution in [0.3, 0.4) is 0 Å². The molecule has 0 radical (unpaired) electrons. The molecule has 0 aromatic heterocycles. The first-order chi connectivity index (χ1) is 13.5. The van der Waals surface area contributed by atoms with Crippen molar-refractivity contribution in [2.75, 3.05) is 20.1 Å². The molecule has 0 spiro atoms. The van der Waals surface area contributed by atoms with E-state index in [-0.39, 0.29) is 24.5 Å². The molecule has 1 aromatic rings. The first kappa shape index (κ1) is 22.4. The Morgan fingerprint density at radius 1 is 1.10 bits per heavy atom. The van der Waals surface area contributed by atoms with E-state index in [1.165, 1.54) is 0 Å². The summed E-state index contributed by atoms with van der Waals surface area (Å²) in [5.41, 5.74) is 1.45. The lowest BCUT2D eigenvalue weighted by Crippen LogP contribution is -3.11. The number of nitrogens with zero attached hydrogens (tertiary/aromatic N) is 1. The van der Waals surface area contributed by atoms with Crippen LogP contribution in [0.25, 0.3) is 0 Å². The second kappa shape index (κ2) is 8.60. The molecular weight excluding hydrogens is 374 g/mol. The van der Waals surface area contributed by atoms with Crippen LogP contribution in [0.15, 0.2) is 30.3 Å². The molecule has 1 saturated heterocycles. The van der Waals surface area contributed by atoms with Gasteiger partial charge in [0.25, 0.3) is 17.7 Å². The topological polar surface area (TPSA) is 112 Å². The molecule has 1 unspecified atom stereocenters. The van der Waals surface area contributed by atoms with Crippen molar-refractivity contribution in [2.24, 2.45) is 0 Å². The van der Waals surface area contributed by atoms with Crippen LogP contribution in [-0.4, -0.2) is 54.4 Å². The zero-order chi connectivity index (χ0) is 21.8. The number of carbonyl (C=O) groups excluding carboxylic acids is 4. The van der Waals surface area contributed by atoms with Crippen molar-refractivity contribution in [3.05, 3.63) is 35.9 Å². The number of hydrazine groups is 1. The third-order valence-electron chi connectivity index (χ3n) is 4.56. The van der Waals surface area contributed by atoms with E-state index in [9.17, 15) is 19.2 Å².